The van der Waals surface area contributed by atoms with Gasteiger partial charge >= 0.3 is 6.09 Å². The Hall–Kier alpha value is -4.24. The molecule has 0 saturated carbocycles. The zero-order valence-electron chi connectivity index (χ0n) is 26.8. The number of carbonyl (C=O) groups excluding carboxylic acids is 1. The van der Waals surface area contributed by atoms with Crippen LogP contribution in [0.4, 0.5) is 4.79 Å². The Labute approximate surface area is 269 Å². The van der Waals surface area contributed by atoms with E-state index in [4.69, 9.17) is 19.2 Å². The van der Waals surface area contributed by atoms with Crippen molar-refractivity contribution in [2.24, 2.45) is 7.05 Å². The Morgan fingerprint density at radius 2 is 1.71 bits per heavy atom. The third kappa shape index (κ3) is 6.88. The summed E-state index contributed by atoms with van der Waals surface area (Å²) < 4.78 is 23.8. The molecule has 1 fully saturated rings. The van der Waals surface area contributed by atoms with E-state index in [1.807, 2.05) is 51.1 Å². The third-order valence-electron chi connectivity index (χ3n) is 8.15. The van der Waals surface area contributed by atoms with E-state index in [2.05, 4.69) is 64.9 Å². The normalized spacial score (nSPS) is 14.2. The zero-order chi connectivity index (χ0) is 31.6. The number of rotatable bonds is 9. The Kier molecular flexibility index (Phi) is 8.90. The molecule has 0 N–H and O–H groups in total. The monoisotopic (exact) mass is 626 g/mol. The van der Waals surface area contributed by atoms with Gasteiger partial charge < -0.3 is 28.2 Å². The molecule has 5 aromatic rings. The molecule has 1 aliphatic heterocycles. The number of fused-ring (bicyclic) bond motifs is 1. The molecule has 0 bridgehead atoms. The summed E-state index contributed by atoms with van der Waals surface area (Å²) >= 11 is 1.75. The lowest BCUT2D eigenvalue weighted by Crippen LogP contribution is -2.44. The van der Waals surface area contributed by atoms with Crippen molar-refractivity contribution in [1.29, 1.82) is 0 Å². The molecule has 0 radical (unpaired) electrons. The number of piperidine rings is 1. The van der Waals surface area contributed by atoms with Gasteiger partial charge in [-0.05, 0) is 69.0 Å². The van der Waals surface area contributed by atoms with Gasteiger partial charge in [0.25, 0.3) is 0 Å². The van der Waals surface area contributed by atoms with Gasteiger partial charge in [0.1, 0.15) is 29.8 Å². The van der Waals surface area contributed by atoms with Gasteiger partial charge in [-0.3, -0.25) is 0 Å². The van der Waals surface area contributed by atoms with Crippen LogP contribution in [0.2, 0.25) is 0 Å². The summed E-state index contributed by atoms with van der Waals surface area (Å²) in [6, 6.07) is 22.7. The summed E-state index contributed by atoms with van der Waals surface area (Å²) in [5.41, 5.74) is 5.18. The van der Waals surface area contributed by atoms with Crippen molar-refractivity contribution >= 4 is 27.6 Å². The van der Waals surface area contributed by atoms with Crippen molar-refractivity contribution in [2.45, 2.75) is 65.2 Å². The maximum atomic E-state index is 12.4. The first-order valence-corrected chi connectivity index (χ1v) is 16.6. The number of aryl methyl sites for hydroxylation is 1. The third-order valence-corrected chi connectivity index (χ3v) is 9.00. The van der Waals surface area contributed by atoms with Gasteiger partial charge in [-0.2, -0.15) is 0 Å². The zero-order valence-corrected chi connectivity index (χ0v) is 27.6. The van der Waals surface area contributed by atoms with Crippen molar-refractivity contribution in [1.82, 2.24) is 19.0 Å². The van der Waals surface area contributed by atoms with Crippen LogP contribution in [0.15, 0.2) is 72.1 Å². The first-order valence-electron chi connectivity index (χ1n) is 15.8. The smallest absolute Gasteiger partial charge is 0.410 e. The minimum Gasteiger partial charge on any atom is -0.492 e. The minimum atomic E-state index is -0.489. The minimum absolute atomic E-state index is 0.0640. The summed E-state index contributed by atoms with van der Waals surface area (Å²) in [5.74, 6) is 2.56. The van der Waals surface area contributed by atoms with Gasteiger partial charge in [0.05, 0.1) is 28.1 Å². The van der Waals surface area contributed by atoms with Crippen molar-refractivity contribution in [3.63, 3.8) is 0 Å². The average molecular weight is 627 g/mol. The van der Waals surface area contributed by atoms with Gasteiger partial charge in [0, 0.05) is 44.2 Å². The number of nitrogens with zero attached hydrogens (tertiary/aromatic N) is 4. The Morgan fingerprint density at radius 1 is 1.00 bits per heavy atom. The predicted molar refractivity (Wildman–Crippen MR) is 180 cm³/mol. The van der Waals surface area contributed by atoms with Crippen LogP contribution in [0.25, 0.3) is 33.0 Å². The SMILES string of the molecule is CCc1c(-c2ccccc2)nc(-c2cc3sccc3n2C)n1CCOc1ccc(OC2CCN(C(=O)OC(C)(C)C)CC2)cc1. The molecule has 1 saturated heterocycles. The number of hydrogen-bond acceptors (Lipinski definition) is 6. The lowest BCUT2D eigenvalue weighted by atomic mass is 10.1. The van der Waals surface area contributed by atoms with Crippen LogP contribution < -0.4 is 9.47 Å². The second-order valence-electron chi connectivity index (χ2n) is 12.5. The summed E-state index contributed by atoms with van der Waals surface area (Å²) in [5, 5.41) is 2.13. The summed E-state index contributed by atoms with van der Waals surface area (Å²) in [6.45, 7) is 10.3. The van der Waals surface area contributed by atoms with Crippen LogP contribution in [0.3, 0.4) is 0 Å². The van der Waals surface area contributed by atoms with Crippen LogP contribution >= 0.6 is 11.3 Å². The highest BCUT2D eigenvalue weighted by atomic mass is 32.1. The molecule has 236 valence electrons. The van der Waals surface area contributed by atoms with Crippen molar-refractivity contribution in [2.75, 3.05) is 19.7 Å². The van der Waals surface area contributed by atoms with E-state index in [0.29, 0.717) is 26.2 Å². The van der Waals surface area contributed by atoms with Crippen LogP contribution in [-0.2, 0) is 24.8 Å². The lowest BCUT2D eigenvalue weighted by molar-refractivity contribution is 0.0126. The van der Waals surface area contributed by atoms with Gasteiger partial charge in [-0.1, -0.05) is 37.3 Å². The Bertz CT molecular complexity index is 1740. The first-order chi connectivity index (χ1) is 21.7. The summed E-state index contributed by atoms with van der Waals surface area (Å²) in [6.07, 6.45) is 2.22. The molecule has 0 atom stereocenters. The fourth-order valence-electron chi connectivity index (χ4n) is 5.92. The molecular formula is C36H42N4O4S. The second kappa shape index (κ2) is 13.0. The molecule has 45 heavy (non-hydrogen) atoms. The number of hydrogen-bond donors (Lipinski definition) is 0. The second-order valence-corrected chi connectivity index (χ2v) is 13.4. The first kappa shape index (κ1) is 30.8. The highest BCUT2D eigenvalue weighted by Crippen LogP contribution is 2.34. The average Bonchev–Trinajstić information content (AvgIpc) is 3.72. The molecule has 1 amide bonds. The topological polar surface area (TPSA) is 70.8 Å². The molecule has 9 heteroatoms. The van der Waals surface area contributed by atoms with Crippen LogP contribution in [-0.4, -0.2) is 56.5 Å². The van der Waals surface area contributed by atoms with E-state index < -0.39 is 5.60 Å². The summed E-state index contributed by atoms with van der Waals surface area (Å²) in [7, 11) is 2.11. The number of carbonyl (C=O) groups is 1. The van der Waals surface area contributed by atoms with E-state index in [1.165, 1.54) is 15.9 Å². The highest BCUT2D eigenvalue weighted by molar-refractivity contribution is 7.17. The van der Waals surface area contributed by atoms with E-state index >= 15 is 0 Å². The Balaban J connectivity index is 1.11. The molecule has 6 rings (SSSR count). The number of benzene rings is 2. The molecule has 2 aromatic carbocycles. The van der Waals surface area contributed by atoms with Gasteiger partial charge in [-0.15, -0.1) is 11.3 Å². The fourth-order valence-corrected chi connectivity index (χ4v) is 6.77. The number of likely N-dealkylation sites (tertiary alicyclic amines) is 1. The van der Waals surface area contributed by atoms with Crippen molar-refractivity contribution in [3.05, 3.63) is 77.8 Å². The molecule has 1 aliphatic rings. The molecule has 0 aliphatic carbocycles. The van der Waals surface area contributed by atoms with Gasteiger partial charge in [-0.25, -0.2) is 9.78 Å². The predicted octanol–water partition coefficient (Wildman–Crippen LogP) is 8.19. The standard InChI is InChI=1S/C36H42N4O4S/c1-6-29-33(25-10-8-7-9-11-25)37-34(31-24-32-30(38(31)5)18-23-45-32)40(29)21-22-42-26-12-14-27(15-13-26)43-28-16-19-39(20-17-28)35(41)44-36(2,3)4/h7-15,18,23-24,28H,6,16-17,19-22H2,1-5H3. The molecule has 8 nitrogen and oxygen atoms in total. The van der Waals surface area contributed by atoms with Gasteiger partial charge in [0.2, 0.25) is 0 Å². The molecule has 0 unspecified atom stereocenters. The van der Waals surface area contributed by atoms with E-state index in [9.17, 15) is 4.79 Å². The fraction of sp³-hybridized carbons (Fsp3) is 0.389. The maximum Gasteiger partial charge on any atom is 0.410 e. The quantitative estimate of drug-likeness (QED) is 0.165. The maximum absolute atomic E-state index is 12.4. The molecule has 3 aromatic heterocycles. The van der Waals surface area contributed by atoms with E-state index in [1.54, 1.807) is 16.2 Å². The molecule has 0 spiro atoms. The highest BCUT2D eigenvalue weighted by Gasteiger charge is 2.28. The lowest BCUT2D eigenvalue weighted by Gasteiger charge is -2.33. The molecule has 4 heterocycles. The number of amides is 1. The number of ether oxygens (including phenoxy) is 3. The largest absolute Gasteiger partial charge is 0.492 e. The Morgan fingerprint density at radius 3 is 2.38 bits per heavy atom. The number of imidazole rings is 1. The van der Waals surface area contributed by atoms with E-state index in [0.717, 1.165) is 53.5 Å². The molecular weight excluding hydrogens is 584 g/mol. The van der Waals surface area contributed by atoms with Crippen LogP contribution in [0.5, 0.6) is 11.5 Å². The number of thiophene rings is 1. The van der Waals surface area contributed by atoms with Crippen LogP contribution in [0, 0.1) is 0 Å². The van der Waals surface area contributed by atoms with Gasteiger partial charge in [0.15, 0.2) is 5.82 Å². The van der Waals surface area contributed by atoms with Crippen LogP contribution in [0.1, 0.15) is 46.2 Å². The van der Waals surface area contributed by atoms with Crippen molar-refractivity contribution < 1.29 is 19.0 Å². The number of aromatic nitrogens is 3. The summed E-state index contributed by atoms with van der Waals surface area (Å²) in [4.78, 5) is 19.4. The van der Waals surface area contributed by atoms with E-state index in [-0.39, 0.29) is 12.2 Å². The van der Waals surface area contributed by atoms with Crippen molar-refractivity contribution in [3.8, 4) is 34.3 Å².